The highest BCUT2D eigenvalue weighted by Crippen LogP contribution is 2.28. The van der Waals surface area contributed by atoms with E-state index in [2.05, 4.69) is 0 Å². The van der Waals surface area contributed by atoms with Crippen molar-refractivity contribution in [3.63, 3.8) is 0 Å². The molecule has 3 amide bonds. The molecule has 0 aromatic rings. The molecule has 0 spiro atoms. The summed E-state index contributed by atoms with van der Waals surface area (Å²) in [5.74, 6) is 0.286. The van der Waals surface area contributed by atoms with E-state index in [1.54, 1.807) is 6.92 Å². The van der Waals surface area contributed by atoms with Crippen molar-refractivity contribution in [1.82, 2.24) is 14.7 Å². The number of nitrogens with zero attached hydrogens (tertiary/aromatic N) is 3. The molecule has 6 nitrogen and oxygen atoms in total. The third-order valence-corrected chi connectivity index (χ3v) is 5.76. The molecule has 3 heterocycles. The number of amides is 3. The Balaban J connectivity index is 1.50. The molecule has 3 saturated heterocycles. The summed E-state index contributed by atoms with van der Waals surface area (Å²) in [4.78, 5) is 31.2. The van der Waals surface area contributed by atoms with E-state index in [9.17, 15) is 14.7 Å². The molecule has 0 aromatic carbocycles. The largest absolute Gasteiger partial charge is 0.393 e. The van der Waals surface area contributed by atoms with Crippen LogP contribution in [-0.2, 0) is 4.79 Å². The van der Waals surface area contributed by atoms with E-state index >= 15 is 0 Å². The molecule has 2 atom stereocenters. The number of urea groups is 1. The summed E-state index contributed by atoms with van der Waals surface area (Å²) in [6.45, 7) is 5.77. The van der Waals surface area contributed by atoms with Gasteiger partial charge in [0.25, 0.3) is 0 Å². The minimum absolute atomic E-state index is 0.0437. The number of hydrogen-bond donors (Lipinski definition) is 1. The average Bonchev–Trinajstić information content (AvgIpc) is 3.25. The summed E-state index contributed by atoms with van der Waals surface area (Å²) >= 11 is 0. The summed E-state index contributed by atoms with van der Waals surface area (Å²) in [5, 5.41) is 9.64. The van der Waals surface area contributed by atoms with E-state index in [-0.39, 0.29) is 30.0 Å². The Bertz CT molecular complexity index is 454. The van der Waals surface area contributed by atoms with E-state index in [0.717, 1.165) is 58.2 Å². The van der Waals surface area contributed by atoms with Gasteiger partial charge in [0, 0.05) is 44.7 Å². The lowest BCUT2D eigenvalue weighted by Crippen LogP contribution is -2.49. The van der Waals surface area contributed by atoms with Gasteiger partial charge in [-0.25, -0.2) is 4.79 Å². The summed E-state index contributed by atoms with van der Waals surface area (Å²) in [6.07, 6.45) is 6.13. The van der Waals surface area contributed by atoms with Gasteiger partial charge in [0.05, 0.1) is 6.10 Å². The minimum atomic E-state index is -0.358. The van der Waals surface area contributed by atoms with Crippen LogP contribution in [0.2, 0.25) is 0 Å². The predicted molar refractivity (Wildman–Crippen MR) is 91.5 cm³/mol. The first-order valence-corrected chi connectivity index (χ1v) is 9.58. The van der Waals surface area contributed by atoms with Gasteiger partial charge in [0.2, 0.25) is 5.91 Å². The third-order valence-electron chi connectivity index (χ3n) is 5.76. The molecule has 0 bridgehead atoms. The third kappa shape index (κ3) is 3.85. The molecule has 136 valence electrons. The number of aliphatic hydroxyl groups excluding tert-OH is 1. The first-order valence-electron chi connectivity index (χ1n) is 9.58. The van der Waals surface area contributed by atoms with Crippen LogP contribution in [0.1, 0.15) is 51.9 Å². The summed E-state index contributed by atoms with van der Waals surface area (Å²) in [6, 6.07) is 0.355. The zero-order valence-electron chi connectivity index (χ0n) is 14.8. The Morgan fingerprint density at radius 3 is 2.21 bits per heavy atom. The van der Waals surface area contributed by atoms with Crippen LogP contribution in [-0.4, -0.2) is 76.6 Å². The van der Waals surface area contributed by atoms with Gasteiger partial charge in [-0.1, -0.05) is 0 Å². The number of likely N-dealkylation sites (tertiary alicyclic amines) is 3. The van der Waals surface area contributed by atoms with Crippen molar-refractivity contribution in [2.45, 2.75) is 64.0 Å². The molecular formula is C18H31N3O3. The maximum atomic E-state index is 12.9. The molecule has 3 fully saturated rings. The van der Waals surface area contributed by atoms with Gasteiger partial charge in [-0.05, 0) is 51.9 Å². The van der Waals surface area contributed by atoms with Crippen LogP contribution in [0.5, 0.6) is 0 Å². The first-order chi connectivity index (χ1) is 11.6. The van der Waals surface area contributed by atoms with Crippen LogP contribution in [0.25, 0.3) is 0 Å². The second-order valence-electron chi connectivity index (χ2n) is 7.65. The molecule has 0 aromatic heterocycles. The highest BCUT2D eigenvalue weighted by molar-refractivity contribution is 5.80. The van der Waals surface area contributed by atoms with Crippen LogP contribution in [0.3, 0.4) is 0 Å². The van der Waals surface area contributed by atoms with E-state index < -0.39 is 0 Å². The second-order valence-corrected chi connectivity index (χ2v) is 7.65. The van der Waals surface area contributed by atoms with Gasteiger partial charge in [0.15, 0.2) is 0 Å². The number of hydrogen-bond acceptors (Lipinski definition) is 3. The van der Waals surface area contributed by atoms with Gasteiger partial charge in [-0.3, -0.25) is 4.79 Å². The highest BCUT2D eigenvalue weighted by atomic mass is 16.3. The molecule has 3 aliphatic rings. The minimum Gasteiger partial charge on any atom is -0.393 e. The van der Waals surface area contributed by atoms with Crippen molar-refractivity contribution >= 4 is 11.9 Å². The molecule has 0 saturated carbocycles. The molecule has 24 heavy (non-hydrogen) atoms. The molecule has 1 N–H and O–H groups in total. The predicted octanol–water partition coefficient (Wildman–Crippen LogP) is 1.68. The Morgan fingerprint density at radius 2 is 1.58 bits per heavy atom. The molecule has 0 aliphatic carbocycles. The molecule has 3 aliphatic heterocycles. The number of piperidine rings is 1. The van der Waals surface area contributed by atoms with Gasteiger partial charge >= 0.3 is 6.03 Å². The fraction of sp³-hybridized carbons (Fsp3) is 0.889. The van der Waals surface area contributed by atoms with Crippen molar-refractivity contribution in [1.29, 1.82) is 0 Å². The Morgan fingerprint density at radius 1 is 0.958 bits per heavy atom. The van der Waals surface area contributed by atoms with Crippen LogP contribution in [0.15, 0.2) is 0 Å². The zero-order chi connectivity index (χ0) is 17.1. The van der Waals surface area contributed by atoms with E-state index in [1.165, 1.54) is 0 Å². The van der Waals surface area contributed by atoms with Crippen molar-refractivity contribution in [3.8, 4) is 0 Å². The fourth-order valence-electron chi connectivity index (χ4n) is 4.43. The van der Waals surface area contributed by atoms with Crippen LogP contribution < -0.4 is 0 Å². The monoisotopic (exact) mass is 337 g/mol. The Labute approximate surface area is 144 Å². The fourth-order valence-corrected chi connectivity index (χ4v) is 4.43. The summed E-state index contributed by atoms with van der Waals surface area (Å²) in [7, 11) is 0. The highest BCUT2D eigenvalue weighted by Gasteiger charge is 2.36. The second kappa shape index (κ2) is 7.72. The standard InChI is InChI=1S/C18H31N3O3/c1-14(22)13-16-5-4-10-21(16)17(23)15-6-11-20(12-7-15)18(24)19-8-2-3-9-19/h14-16,22H,2-13H2,1H3/t14-,16+/m1/s1. The Hall–Kier alpha value is -1.30. The normalized spacial score (nSPS) is 26.9. The van der Waals surface area contributed by atoms with Crippen molar-refractivity contribution in [2.75, 3.05) is 32.7 Å². The van der Waals surface area contributed by atoms with Crippen molar-refractivity contribution in [3.05, 3.63) is 0 Å². The number of aliphatic hydroxyl groups is 1. The first kappa shape index (κ1) is 17.5. The molecule has 6 heteroatoms. The lowest BCUT2D eigenvalue weighted by molar-refractivity contribution is -0.138. The smallest absolute Gasteiger partial charge is 0.319 e. The topological polar surface area (TPSA) is 64.1 Å². The Kier molecular flexibility index (Phi) is 5.64. The van der Waals surface area contributed by atoms with Crippen molar-refractivity contribution < 1.29 is 14.7 Å². The molecule has 0 unspecified atom stereocenters. The zero-order valence-corrected chi connectivity index (χ0v) is 14.8. The van der Waals surface area contributed by atoms with Crippen LogP contribution >= 0.6 is 0 Å². The maximum absolute atomic E-state index is 12.9. The van der Waals surface area contributed by atoms with E-state index in [4.69, 9.17) is 0 Å². The lowest BCUT2D eigenvalue weighted by atomic mass is 9.94. The van der Waals surface area contributed by atoms with Gasteiger partial charge in [0.1, 0.15) is 0 Å². The van der Waals surface area contributed by atoms with Crippen LogP contribution in [0.4, 0.5) is 4.79 Å². The number of carbonyl (C=O) groups is 2. The molecule has 0 radical (unpaired) electrons. The lowest BCUT2D eigenvalue weighted by Gasteiger charge is -2.36. The van der Waals surface area contributed by atoms with Crippen LogP contribution in [0, 0.1) is 5.92 Å². The number of rotatable bonds is 3. The quantitative estimate of drug-likeness (QED) is 0.852. The molecule has 3 rings (SSSR count). The van der Waals surface area contributed by atoms with E-state index in [0.29, 0.717) is 19.5 Å². The summed E-state index contributed by atoms with van der Waals surface area (Å²) < 4.78 is 0. The SMILES string of the molecule is C[C@@H](O)C[C@@H]1CCCN1C(=O)C1CCN(C(=O)N2CCCC2)CC1. The maximum Gasteiger partial charge on any atom is 0.319 e. The molecular weight excluding hydrogens is 306 g/mol. The number of carbonyl (C=O) groups excluding carboxylic acids is 2. The van der Waals surface area contributed by atoms with E-state index in [1.807, 2.05) is 14.7 Å². The van der Waals surface area contributed by atoms with Gasteiger partial charge in [-0.2, -0.15) is 0 Å². The van der Waals surface area contributed by atoms with Gasteiger partial charge in [-0.15, -0.1) is 0 Å². The average molecular weight is 337 g/mol. The van der Waals surface area contributed by atoms with Crippen molar-refractivity contribution in [2.24, 2.45) is 5.92 Å². The summed E-state index contributed by atoms with van der Waals surface area (Å²) in [5.41, 5.74) is 0. The van der Waals surface area contributed by atoms with Gasteiger partial charge < -0.3 is 19.8 Å².